The molecule has 0 heterocycles. The molecule has 0 saturated heterocycles. The Kier molecular flexibility index (Phi) is 2.55. The molecule has 2 nitrogen and oxygen atoms in total. The molecule has 9 heavy (non-hydrogen) atoms. The van der Waals surface area contributed by atoms with Gasteiger partial charge in [-0.15, -0.1) is 0 Å². The van der Waals surface area contributed by atoms with Gasteiger partial charge in [0.1, 0.15) is 0 Å². The highest BCUT2D eigenvalue weighted by atomic mass is 16.5. The second-order valence-corrected chi connectivity index (χ2v) is 2.52. The molecule has 1 rings (SSSR count). The summed E-state index contributed by atoms with van der Waals surface area (Å²) in [6, 6.07) is 0. The molecule has 0 aromatic carbocycles. The normalized spacial score (nSPS) is 17.3. The van der Waals surface area contributed by atoms with Crippen molar-refractivity contribution in [3.05, 3.63) is 0 Å². The van der Waals surface area contributed by atoms with Gasteiger partial charge in [-0.3, -0.25) is 0 Å². The van der Waals surface area contributed by atoms with Gasteiger partial charge in [0.05, 0.1) is 6.61 Å². The molecule has 0 aliphatic heterocycles. The first-order valence-electron chi connectivity index (χ1n) is 3.42. The summed E-state index contributed by atoms with van der Waals surface area (Å²) in [5.41, 5.74) is 0. The Bertz CT molecular complexity index is 86.9. The van der Waals surface area contributed by atoms with Crippen LogP contribution in [0.5, 0.6) is 0 Å². The van der Waals surface area contributed by atoms with E-state index in [0.717, 1.165) is 12.3 Å². The van der Waals surface area contributed by atoms with Crippen LogP contribution in [0.15, 0.2) is 0 Å². The zero-order chi connectivity index (χ0) is 6.53. The maximum Gasteiger partial charge on any atom is 0.417 e. The summed E-state index contributed by atoms with van der Waals surface area (Å²) < 4.78 is 4.41. The number of hydrogen-bond acceptors (Lipinski definition) is 2. The quantitative estimate of drug-likeness (QED) is 0.520. The minimum absolute atomic E-state index is 0.556. The summed E-state index contributed by atoms with van der Waals surface area (Å²) in [5, 5.41) is 0. The molecule has 0 aromatic rings. The van der Waals surface area contributed by atoms with E-state index in [9.17, 15) is 4.79 Å². The van der Waals surface area contributed by atoms with Crippen LogP contribution in [0.3, 0.4) is 0 Å². The first-order chi connectivity index (χ1) is 4.43. The Labute approximate surface area is 55.2 Å². The SMILES string of the molecule is O=[C]OCCCC1CC1. The standard InChI is InChI=1S/C7H11O2/c8-6-9-5-1-2-7-3-4-7/h7H,1-5H2. The van der Waals surface area contributed by atoms with Gasteiger partial charge in [0.25, 0.3) is 0 Å². The van der Waals surface area contributed by atoms with E-state index in [-0.39, 0.29) is 0 Å². The van der Waals surface area contributed by atoms with Crippen LogP contribution < -0.4 is 0 Å². The molecule has 1 fully saturated rings. The van der Waals surface area contributed by atoms with Crippen LogP contribution in [-0.2, 0) is 9.53 Å². The number of ether oxygens (including phenoxy) is 1. The van der Waals surface area contributed by atoms with Gasteiger partial charge in [-0.1, -0.05) is 12.8 Å². The van der Waals surface area contributed by atoms with E-state index in [4.69, 9.17) is 0 Å². The number of carbonyl (C=O) groups excluding carboxylic acids is 1. The third-order valence-electron chi connectivity index (χ3n) is 1.61. The zero-order valence-electron chi connectivity index (χ0n) is 5.43. The molecule has 1 saturated carbocycles. The Balaban J connectivity index is 1.75. The van der Waals surface area contributed by atoms with E-state index in [1.54, 1.807) is 0 Å². The van der Waals surface area contributed by atoms with Gasteiger partial charge in [-0.2, -0.15) is 0 Å². The van der Waals surface area contributed by atoms with Crippen molar-refractivity contribution in [2.45, 2.75) is 25.7 Å². The van der Waals surface area contributed by atoms with Crippen LogP contribution in [0, 0.1) is 5.92 Å². The van der Waals surface area contributed by atoms with Crippen LogP contribution in [0.2, 0.25) is 0 Å². The second-order valence-electron chi connectivity index (χ2n) is 2.52. The van der Waals surface area contributed by atoms with Crippen molar-refractivity contribution in [2.24, 2.45) is 5.92 Å². The van der Waals surface area contributed by atoms with E-state index in [1.165, 1.54) is 25.7 Å². The first kappa shape index (κ1) is 6.59. The van der Waals surface area contributed by atoms with Crippen LogP contribution in [0.25, 0.3) is 0 Å². The molecule has 2 heteroatoms. The molecular formula is C7H11O2. The first-order valence-corrected chi connectivity index (χ1v) is 3.42. The number of rotatable bonds is 5. The van der Waals surface area contributed by atoms with Gasteiger partial charge in [0, 0.05) is 0 Å². The third kappa shape index (κ3) is 3.12. The third-order valence-corrected chi connectivity index (χ3v) is 1.61. The molecule has 1 aliphatic carbocycles. The van der Waals surface area contributed by atoms with Gasteiger partial charge in [-0.05, 0) is 18.8 Å². The van der Waals surface area contributed by atoms with Crippen LogP contribution in [0.1, 0.15) is 25.7 Å². The summed E-state index contributed by atoms with van der Waals surface area (Å²) in [7, 11) is 0. The largest absolute Gasteiger partial charge is 0.457 e. The van der Waals surface area contributed by atoms with Crippen molar-refractivity contribution in [1.29, 1.82) is 0 Å². The minimum Gasteiger partial charge on any atom is -0.457 e. The van der Waals surface area contributed by atoms with Gasteiger partial charge < -0.3 is 4.74 Å². The summed E-state index contributed by atoms with van der Waals surface area (Å²) in [6.07, 6.45) is 5.00. The zero-order valence-corrected chi connectivity index (χ0v) is 5.43. The van der Waals surface area contributed by atoms with Gasteiger partial charge >= 0.3 is 6.47 Å². The molecule has 1 radical (unpaired) electrons. The molecule has 0 unspecified atom stereocenters. The predicted octanol–water partition coefficient (Wildman–Crippen LogP) is 1.26. The minimum atomic E-state index is 0.556. The summed E-state index contributed by atoms with van der Waals surface area (Å²) in [4.78, 5) is 9.52. The Morgan fingerprint density at radius 2 is 2.33 bits per heavy atom. The highest BCUT2D eigenvalue weighted by Gasteiger charge is 2.19. The van der Waals surface area contributed by atoms with E-state index in [2.05, 4.69) is 4.74 Å². The van der Waals surface area contributed by atoms with Crippen molar-refractivity contribution in [1.82, 2.24) is 0 Å². The lowest BCUT2D eigenvalue weighted by Gasteiger charge is -1.94. The lowest BCUT2D eigenvalue weighted by atomic mass is 10.2. The second kappa shape index (κ2) is 3.49. The van der Waals surface area contributed by atoms with E-state index >= 15 is 0 Å². The van der Waals surface area contributed by atoms with Crippen molar-refractivity contribution < 1.29 is 9.53 Å². The smallest absolute Gasteiger partial charge is 0.417 e. The fourth-order valence-electron chi connectivity index (χ4n) is 0.892. The summed E-state index contributed by atoms with van der Waals surface area (Å²) in [6.45, 7) is 1.97. The Morgan fingerprint density at radius 3 is 2.89 bits per heavy atom. The molecule has 0 N–H and O–H groups in total. The molecule has 0 amide bonds. The van der Waals surface area contributed by atoms with Gasteiger partial charge in [0.2, 0.25) is 0 Å². The van der Waals surface area contributed by atoms with Gasteiger partial charge in [-0.25, -0.2) is 4.79 Å². The molecule has 1 aliphatic rings. The predicted molar refractivity (Wildman–Crippen MR) is 33.6 cm³/mol. The van der Waals surface area contributed by atoms with E-state index in [1.807, 2.05) is 0 Å². The summed E-state index contributed by atoms with van der Waals surface area (Å²) in [5.74, 6) is 0.945. The Morgan fingerprint density at radius 1 is 1.56 bits per heavy atom. The van der Waals surface area contributed by atoms with Crippen molar-refractivity contribution in [3.8, 4) is 0 Å². The topological polar surface area (TPSA) is 26.3 Å². The summed E-state index contributed by atoms with van der Waals surface area (Å²) >= 11 is 0. The van der Waals surface area contributed by atoms with Crippen molar-refractivity contribution in [3.63, 3.8) is 0 Å². The Hall–Kier alpha value is -0.530. The molecule has 0 aromatic heterocycles. The van der Waals surface area contributed by atoms with Gasteiger partial charge in [0.15, 0.2) is 0 Å². The van der Waals surface area contributed by atoms with E-state index in [0.29, 0.717) is 6.61 Å². The molecule has 0 atom stereocenters. The molecule has 0 bridgehead atoms. The average Bonchev–Trinajstić information content (AvgIpc) is 2.63. The van der Waals surface area contributed by atoms with Crippen molar-refractivity contribution >= 4 is 6.47 Å². The maximum absolute atomic E-state index is 9.52. The fourth-order valence-corrected chi connectivity index (χ4v) is 0.892. The van der Waals surface area contributed by atoms with Crippen LogP contribution in [-0.4, -0.2) is 13.1 Å². The van der Waals surface area contributed by atoms with E-state index < -0.39 is 0 Å². The molecule has 0 spiro atoms. The fraction of sp³-hybridized carbons (Fsp3) is 0.857. The number of hydrogen-bond donors (Lipinski definition) is 0. The lowest BCUT2D eigenvalue weighted by molar-refractivity contribution is 0.268. The molecule has 51 valence electrons. The average molecular weight is 127 g/mol. The maximum atomic E-state index is 9.52. The molecular weight excluding hydrogens is 116 g/mol. The highest BCUT2D eigenvalue weighted by Crippen LogP contribution is 2.33. The van der Waals surface area contributed by atoms with Crippen LogP contribution >= 0.6 is 0 Å². The van der Waals surface area contributed by atoms with Crippen LogP contribution in [0.4, 0.5) is 0 Å². The monoisotopic (exact) mass is 127 g/mol. The highest BCUT2D eigenvalue weighted by molar-refractivity contribution is 5.37. The lowest BCUT2D eigenvalue weighted by Crippen LogP contribution is -1.91. The van der Waals surface area contributed by atoms with Crippen molar-refractivity contribution in [2.75, 3.05) is 6.61 Å².